The Balaban J connectivity index is 0.000000185. The summed E-state index contributed by atoms with van der Waals surface area (Å²) in [5.41, 5.74) is 0.636. The fraction of sp³-hybridized carbons (Fsp3) is 0.0606. The minimum atomic E-state index is -4.07. The van der Waals surface area contributed by atoms with E-state index in [0.717, 1.165) is 14.1 Å². The topological polar surface area (TPSA) is 133 Å². The summed E-state index contributed by atoms with van der Waals surface area (Å²) in [6.45, 7) is 0.223. The molecule has 4 aromatic heterocycles. The van der Waals surface area contributed by atoms with Crippen molar-refractivity contribution < 1.29 is 30.4 Å². The Bertz CT molecular complexity index is 2210. The summed E-state index contributed by atoms with van der Waals surface area (Å²) in [6.07, 6.45) is 7.92. The van der Waals surface area contributed by atoms with Crippen molar-refractivity contribution >= 4 is 26.3 Å². The first-order valence-electron chi connectivity index (χ1n) is 13.9. The van der Waals surface area contributed by atoms with Gasteiger partial charge in [-0.3, -0.25) is 14.8 Å². The Morgan fingerprint density at radius 2 is 1.15 bits per heavy atom. The lowest BCUT2D eigenvalue weighted by Crippen LogP contribution is -2.14. The van der Waals surface area contributed by atoms with Crippen molar-refractivity contribution in [3.8, 4) is 22.5 Å². The zero-order valence-corrected chi connectivity index (χ0v) is 26.4. The van der Waals surface area contributed by atoms with Gasteiger partial charge in [-0.25, -0.2) is 33.6 Å². The van der Waals surface area contributed by atoms with E-state index in [-0.39, 0.29) is 45.1 Å². The molecule has 10 nitrogen and oxygen atoms in total. The predicted octanol–water partition coefficient (Wildman–Crippen LogP) is 5.38. The van der Waals surface area contributed by atoms with Crippen molar-refractivity contribution in [2.75, 3.05) is 7.05 Å². The molecule has 6 aromatic rings. The summed E-state index contributed by atoms with van der Waals surface area (Å²) in [7, 11) is -6.35. The van der Waals surface area contributed by atoms with E-state index in [4.69, 9.17) is 0 Å². The molecule has 0 atom stereocenters. The molecule has 4 heterocycles. The number of aromatic nitrogens is 4. The molecule has 0 aliphatic heterocycles. The Hall–Kier alpha value is -5.31. The van der Waals surface area contributed by atoms with Crippen LogP contribution in [0.25, 0.3) is 22.5 Å². The third-order valence-electron chi connectivity index (χ3n) is 6.89. The maximum Gasteiger partial charge on any atom is 0.269 e. The highest BCUT2D eigenvalue weighted by molar-refractivity contribution is 7.90. The van der Waals surface area contributed by atoms with Gasteiger partial charge in [0.25, 0.3) is 20.0 Å². The number of aldehydes is 1. The lowest BCUT2D eigenvalue weighted by atomic mass is 10.1. The third-order valence-corrected chi connectivity index (χ3v) is 10.2. The van der Waals surface area contributed by atoms with E-state index in [2.05, 4.69) is 15.3 Å². The molecule has 0 amide bonds. The Labute approximate surface area is 270 Å². The van der Waals surface area contributed by atoms with Gasteiger partial charge in [0.2, 0.25) is 0 Å². The van der Waals surface area contributed by atoms with Gasteiger partial charge >= 0.3 is 0 Å². The van der Waals surface area contributed by atoms with Crippen molar-refractivity contribution in [2.24, 2.45) is 0 Å². The van der Waals surface area contributed by atoms with Crippen molar-refractivity contribution in [2.45, 2.75) is 16.3 Å². The maximum atomic E-state index is 14.9. The molecule has 1 N–H and O–H groups in total. The van der Waals surface area contributed by atoms with Crippen LogP contribution in [-0.2, 0) is 26.6 Å². The van der Waals surface area contributed by atoms with E-state index >= 15 is 0 Å². The van der Waals surface area contributed by atoms with Gasteiger partial charge < -0.3 is 5.32 Å². The molecular formula is C33H27F2N5O5S2. The van der Waals surface area contributed by atoms with E-state index in [0.29, 0.717) is 11.1 Å². The molecule has 0 aliphatic carbocycles. The highest BCUT2D eigenvalue weighted by Gasteiger charge is 2.28. The molecule has 240 valence electrons. The molecule has 47 heavy (non-hydrogen) atoms. The second kappa shape index (κ2) is 14.0. The average Bonchev–Trinajstić information content (AvgIpc) is 3.63. The van der Waals surface area contributed by atoms with Crippen molar-refractivity contribution in [3.63, 3.8) is 0 Å². The van der Waals surface area contributed by atoms with Gasteiger partial charge in [-0.15, -0.1) is 0 Å². The van der Waals surface area contributed by atoms with Crippen LogP contribution in [0.3, 0.4) is 0 Å². The molecular weight excluding hydrogens is 649 g/mol. The smallest absolute Gasteiger partial charge is 0.269 e. The lowest BCUT2D eigenvalue weighted by Gasteiger charge is -2.10. The first-order valence-corrected chi connectivity index (χ1v) is 16.8. The summed E-state index contributed by atoms with van der Waals surface area (Å²) in [5.74, 6) is -1.43. The van der Waals surface area contributed by atoms with Gasteiger partial charge in [-0.1, -0.05) is 60.7 Å². The third kappa shape index (κ3) is 6.65. The second-order valence-electron chi connectivity index (χ2n) is 9.92. The normalized spacial score (nSPS) is 11.5. The lowest BCUT2D eigenvalue weighted by molar-refractivity contribution is 0.112. The largest absolute Gasteiger partial charge is 0.316 e. The summed E-state index contributed by atoms with van der Waals surface area (Å²) >= 11 is 0. The number of halogens is 2. The van der Waals surface area contributed by atoms with Crippen LogP contribution in [0.4, 0.5) is 8.78 Å². The number of nitrogens with zero attached hydrogens (tertiary/aromatic N) is 4. The Morgan fingerprint density at radius 3 is 1.57 bits per heavy atom. The average molecular weight is 676 g/mol. The molecule has 0 radical (unpaired) electrons. The van der Waals surface area contributed by atoms with Gasteiger partial charge in [-0.05, 0) is 31.3 Å². The molecule has 0 saturated carbocycles. The Kier molecular flexibility index (Phi) is 9.84. The molecule has 0 fully saturated rings. The molecule has 0 bridgehead atoms. The number of pyridine rings is 2. The van der Waals surface area contributed by atoms with E-state index in [1.165, 1.54) is 55.2 Å². The standard InChI is InChI=1S/C17H16FN3O2S.C16H11FN2O3S/c1-19-10-14-12-21(24(22,23)15-8-5-9-20-11-15)17(16(14)18)13-6-3-2-4-7-13;17-15-13(11-20)10-19(16(15)12-5-2-1-3-6-12)23(21,22)14-7-4-8-18-9-14/h2-9,11-12,19H,10H2,1H3;1-11H. The van der Waals surface area contributed by atoms with Gasteiger partial charge in [-0.2, -0.15) is 0 Å². The quantitative estimate of drug-likeness (QED) is 0.202. The molecule has 6 rings (SSSR count). The summed E-state index contributed by atoms with van der Waals surface area (Å²) < 4.78 is 82.5. The van der Waals surface area contributed by atoms with Crippen LogP contribution in [0.5, 0.6) is 0 Å². The molecule has 14 heteroatoms. The van der Waals surface area contributed by atoms with E-state index in [9.17, 15) is 30.4 Å². The van der Waals surface area contributed by atoms with Crippen molar-refractivity contribution in [1.82, 2.24) is 23.2 Å². The molecule has 0 aliphatic rings. The van der Waals surface area contributed by atoms with E-state index in [1.54, 1.807) is 67.7 Å². The van der Waals surface area contributed by atoms with E-state index < -0.39 is 31.7 Å². The SMILES string of the molecule is CNCc1cn(S(=O)(=O)c2cccnc2)c(-c2ccccc2)c1F.O=Cc1cn(S(=O)(=O)c2cccnc2)c(-c2ccccc2)c1F. The van der Waals surface area contributed by atoms with Crippen molar-refractivity contribution in [3.05, 3.63) is 145 Å². The number of rotatable bonds is 9. The van der Waals surface area contributed by atoms with Crippen LogP contribution >= 0.6 is 0 Å². The number of hydrogen-bond acceptors (Lipinski definition) is 8. The highest BCUT2D eigenvalue weighted by atomic mass is 32.2. The first kappa shape index (κ1) is 33.1. The van der Waals surface area contributed by atoms with Gasteiger partial charge in [0.15, 0.2) is 17.9 Å². The number of benzene rings is 2. The van der Waals surface area contributed by atoms with Crippen LogP contribution in [0, 0.1) is 11.6 Å². The minimum absolute atomic E-state index is 0.00758. The van der Waals surface area contributed by atoms with Gasteiger partial charge in [0.1, 0.15) is 21.2 Å². The van der Waals surface area contributed by atoms with Crippen LogP contribution in [0.15, 0.2) is 132 Å². The van der Waals surface area contributed by atoms with Crippen LogP contribution in [0.1, 0.15) is 15.9 Å². The summed E-state index contributed by atoms with van der Waals surface area (Å²) in [4.78, 5) is 18.6. The molecule has 0 spiro atoms. The first-order chi connectivity index (χ1) is 22.6. The highest BCUT2D eigenvalue weighted by Crippen LogP contribution is 2.31. The second-order valence-corrected chi connectivity index (χ2v) is 13.6. The van der Waals surface area contributed by atoms with Crippen LogP contribution in [0.2, 0.25) is 0 Å². The molecule has 0 unspecified atom stereocenters. The zero-order valence-electron chi connectivity index (χ0n) is 24.7. The number of carbonyl (C=O) groups is 1. The number of hydrogen-bond donors (Lipinski definition) is 1. The summed E-state index contributed by atoms with van der Waals surface area (Å²) in [5, 5.41) is 2.85. The number of nitrogens with one attached hydrogen (secondary N) is 1. The fourth-order valence-corrected chi connectivity index (χ4v) is 7.41. The van der Waals surface area contributed by atoms with E-state index in [1.807, 2.05) is 0 Å². The van der Waals surface area contributed by atoms with Crippen LogP contribution in [-0.4, -0.2) is 48.1 Å². The number of carbonyl (C=O) groups excluding carboxylic acids is 1. The van der Waals surface area contributed by atoms with Gasteiger partial charge in [0, 0.05) is 60.4 Å². The Morgan fingerprint density at radius 1 is 0.681 bits per heavy atom. The predicted molar refractivity (Wildman–Crippen MR) is 171 cm³/mol. The zero-order chi connectivity index (χ0) is 33.6. The fourth-order valence-electron chi connectivity index (χ4n) is 4.69. The minimum Gasteiger partial charge on any atom is -0.316 e. The maximum absolute atomic E-state index is 14.9. The molecule has 0 saturated heterocycles. The molecule has 2 aromatic carbocycles. The van der Waals surface area contributed by atoms with Crippen LogP contribution < -0.4 is 5.32 Å². The van der Waals surface area contributed by atoms with Crippen molar-refractivity contribution in [1.29, 1.82) is 0 Å². The van der Waals surface area contributed by atoms with Gasteiger partial charge in [0.05, 0.1) is 5.56 Å². The monoisotopic (exact) mass is 675 g/mol. The summed E-state index contributed by atoms with van der Waals surface area (Å²) in [6, 6.07) is 22.6.